The highest BCUT2D eigenvalue weighted by Gasteiger charge is 2.24. The molecule has 0 bridgehead atoms. The molecule has 0 unspecified atom stereocenters. The van der Waals surface area contributed by atoms with E-state index >= 15 is 0 Å². The van der Waals surface area contributed by atoms with Gasteiger partial charge in [0.1, 0.15) is 4.88 Å². The number of esters is 1. The Morgan fingerprint density at radius 1 is 1.04 bits per heavy atom. The number of carbonyl (C=O) groups is 2. The van der Waals surface area contributed by atoms with Crippen LogP contribution < -0.4 is 0 Å². The first-order valence-electron chi connectivity index (χ1n) is 8.33. The van der Waals surface area contributed by atoms with E-state index in [1.165, 1.54) is 29.6 Å². The lowest BCUT2D eigenvalue weighted by atomic mass is 10.1. The number of benzene rings is 1. The molecule has 1 aliphatic heterocycles. The molecule has 1 aliphatic rings. The molecule has 3 rings (SSSR count). The number of carbonyl (C=O) groups excluding carboxylic acids is 2. The molecule has 0 N–H and O–H groups in total. The first kappa shape index (κ1) is 17.6. The summed E-state index contributed by atoms with van der Waals surface area (Å²) < 4.78 is 4.70. The molecule has 2 aromatic rings. The Morgan fingerprint density at radius 2 is 1.72 bits per heavy atom. The summed E-state index contributed by atoms with van der Waals surface area (Å²) in [5.41, 5.74) is 2.64. The van der Waals surface area contributed by atoms with Crippen LogP contribution in [0.15, 0.2) is 36.4 Å². The molecule has 1 fully saturated rings. The Kier molecular flexibility index (Phi) is 5.50. The van der Waals surface area contributed by atoms with Crippen LogP contribution in [0.3, 0.4) is 0 Å². The molecular weight excluding hydrogens is 336 g/mol. The number of amides is 1. The van der Waals surface area contributed by atoms with E-state index in [2.05, 4.69) is 36.1 Å². The van der Waals surface area contributed by atoms with Crippen LogP contribution in [0.5, 0.6) is 0 Å². The number of ether oxygens (including phenoxy) is 1. The lowest BCUT2D eigenvalue weighted by molar-refractivity contribution is 0.0605. The number of nitrogens with zero attached hydrogens (tertiary/aromatic N) is 2. The van der Waals surface area contributed by atoms with Crippen molar-refractivity contribution in [2.45, 2.75) is 13.5 Å². The topological polar surface area (TPSA) is 49.9 Å². The number of hydrogen-bond donors (Lipinski definition) is 0. The molecule has 1 aromatic heterocycles. The predicted octanol–water partition coefficient (Wildman–Crippen LogP) is 2.80. The molecule has 0 aliphatic carbocycles. The van der Waals surface area contributed by atoms with E-state index in [0.29, 0.717) is 22.8 Å². The lowest BCUT2D eigenvalue weighted by Crippen LogP contribution is -2.48. The third-order valence-electron chi connectivity index (χ3n) is 4.52. The SMILES string of the molecule is COC(=O)c1ccc(C(=O)N2CCN(Cc3ccccc3C)CC2)s1. The zero-order chi connectivity index (χ0) is 17.8. The third kappa shape index (κ3) is 4.08. The molecule has 0 radical (unpaired) electrons. The minimum atomic E-state index is -0.396. The van der Waals surface area contributed by atoms with Gasteiger partial charge in [-0.15, -0.1) is 11.3 Å². The van der Waals surface area contributed by atoms with Crippen LogP contribution in [0.2, 0.25) is 0 Å². The highest BCUT2D eigenvalue weighted by atomic mass is 32.1. The Balaban J connectivity index is 1.56. The van der Waals surface area contributed by atoms with Crippen molar-refractivity contribution in [1.82, 2.24) is 9.80 Å². The van der Waals surface area contributed by atoms with Gasteiger partial charge in [-0.25, -0.2) is 4.79 Å². The quantitative estimate of drug-likeness (QED) is 0.789. The van der Waals surface area contributed by atoms with Crippen LogP contribution in [-0.2, 0) is 11.3 Å². The molecule has 5 nitrogen and oxygen atoms in total. The average Bonchev–Trinajstić information content (AvgIpc) is 3.13. The third-order valence-corrected chi connectivity index (χ3v) is 5.57. The first-order chi connectivity index (χ1) is 12.1. The molecule has 0 saturated carbocycles. The maximum Gasteiger partial charge on any atom is 0.348 e. The summed E-state index contributed by atoms with van der Waals surface area (Å²) in [6.07, 6.45) is 0. The number of rotatable bonds is 4. The molecule has 1 saturated heterocycles. The van der Waals surface area contributed by atoms with Gasteiger partial charge in [-0.3, -0.25) is 9.69 Å². The van der Waals surface area contributed by atoms with Crippen molar-refractivity contribution in [2.75, 3.05) is 33.3 Å². The zero-order valence-electron chi connectivity index (χ0n) is 14.5. The maximum absolute atomic E-state index is 12.6. The molecule has 25 heavy (non-hydrogen) atoms. The van der Waals surface area contributed by atoms with Crippen LogP contribution >= 0.6 is 11.3 Å². The van der Waals surface area contributed by atoms with E-state index in [1.54, 1.807) is 12.1 Å². The summed E-state index contributed by atoms with van der Waals surface area (Å²) in [5, 5.41) is 0. The summed E-state index contributed by atoms with van der Waals surface area (Å²) in [6, 6.07) is 11.8. The van der Waals surface area contributed by atoms with Crippen molar-refractivity contribution in [3.8, 4) is 0 Å². The molecule has 0 spiro atoms. The van der Waals surface area contributed by atoms with Gasteiger partial charge in [0.25, 0.3) is 5.91 Å². The smallest absolute Gasteiger partial charge is 0.348 e. The zero-order valence-corrected chi connectivity index (χ0v) is 15.3. The summed E-state index contributed by atoms with van der Waals surface area (Å²) in [7, 11) is 1.34. The Morgan fingerprint density at radius 3 is 2.40 bits per heavy atom. The van der Waals surface area contributed by atoms with Gasteiger partial charge < -0.3 is 9.64 Å². The van der Waals surface area contributed by atoms with Gasteiger partial charge in [0.15, 0.2) is 0 Å². The fraction of sp³-hybridized carbons (Fsp3) is 0.368. The van der Waals surface area contributed by atoms with Crippen LogP contribution in [0.4, 0.5) is 0 Å². The molecular formula is C19H22N2O3S. The summed E-state index contributed by atoms with van der Waals surface area (Å²) in [6.45, 7) is 6.17. The second-order valence-electron chi connectivity index (χ2n) is 6.15. The van der Waals surface area contributed by atoms with Crippen LogP contribution in [0.25, 0.3) is 0 Å². The van der Waals surface area contributed by atoms with Crippen molar-refractivity contribution in [2.24, 2.45) is 0 Å². The monoisotopic (exact) mass is 358 g/mol. The fourth-order valence-corrected chi connectivity index (χ4v) is 3.85. The van der Waals surface area contributed by atoms with Gasteiger partial charge in [0, 0.05) is 32.7 Å². The maximum atomic E-state index is 12.6. The first-order valence-corrected chi connectivity index (χ1v) is 9.14. The van der Waals surface area contributed by atoms with Crippen molar-refractivity contribution in [1.29, 1.82) is 0 Å². The van der Waals surface area contributed by atoms with Gasteiger partial charge in [0.2, 0.25) is 0 Å². The van der Waals surface area contributed by atoms with E-state index in [9.17, 15) is 9.59 Å². The molecule has 0 atom stereocenters. The van der Waals surface area contributed by atoms with Gasteiger partial charge in [-0.1, -0.05) is 24.3 Å². The van der Waals surface area contributed by atoms with Crippen LogP contribution in [-0.4, -0.2) is 55.0 Å². The average molecular weight is 358 g/mol. The minimum absolute atomic E-state index is 0.00399. The number of hydrogen-bond acceptors (Lipinski definition) is 5. The van der Waals surface area contributed by atoms with E-state index in [4.69, 9.17) is 4.74 Å². The molecule has 132 valence electrons. The number of thiophene rings is 1. The number of aryl methyl sites for hydroxylation is 1. The Bertz CT molecular complexity index is 764. The second kappa shape index (κ2) is 7.80. The van der Waals surface area contributed by atoms with E-state index in [0.717, 1.165) is 19.6 Å². The fourth-order valence-electron chi connectivity index (χ4n) is 2.96. The summed E-state index contributed by atoms with van der Waals surface area (Å²) in [4.78, 5) is 29.4. The highest BCUT2D eigenvalue weighted by molar-refractivity contribution is 7.15. The lowest BCUT2D eigenvalue weighted by Gasteiger charge is -2.34. The van der Waals surface area contributed by atoms with Gasteiger partial charge >= 0.3 is 5.97 Å². The molecule has 1 aromatic carbocycles. The molecule has 6 heteroatoms. The summed E-state index contributed by atoms with van der Waals surface area (Å²) in [5.74, 6) is -0.400. The standard InChI is InChI=1S/C19H22N2O3S/c1-14-5-3-4-6-15(14)13-20-9-11-21(12-10-20)18(22)16-7-8-17(25-16)19(23)24-2/h3-8H,9-13H2,1-2H3. The molecule has 1 amide bonds. The van der Waals surface area contributed by atoms with Crippen LogP contribution in [0.1, 0.15) is 30.5 Å². The minimum Gasteiger partial charge on any atom is -0.465 e. The van der Waals surface area contributed by atoms with Gasteiger partial charge in [0.05, 0.1) is 12.0 Å². The van der Waals surface area contributed by atoms with E-state index < -0.39 is 5.97 Å². The van der Waals surface area contributed by atoms with E-state index in [1.807, 2.05) is 4.90 Å². The summed E-state index contributed by atoms with van der Waals surface area (Å²) >= 11 is 1.19. The predicted molar refractivity (Wildman–Crippen MR) is 98.0 cm³/mol. The van der Waals surface area contributed by atoms with Crippen molar-refractivity contribution in [3.05, 3.63) is 57.3 Å². The normalized spacial score (nSPS) is 15.2. The Labute approximate surface area is 151 Å². The second-order valence-corrected chi connectivity index (χ2v) is 7.23. The molecule has 2 heterocycles. The van der Waals surface area contributed by atoms with Crippen molar-refractivity contribution >= 4 is 23.2 Å². The van der Waals surface area contributed by atoms with Gasteiger partial charge in [-0.05, 0) is 30.2 Å². The highest BCUT2D eigenvalue weighted by Crippen LogP contribution is 2.20. The van der Waals surface area contributed by atoms with Crippen molar-refractivity contribution < 1.29 is 14.3 Å². The van der Waals surface area contributed by atoms with Crippen molar-refractivity contribution in [3.63, 3.8) is 0 Å². The largest absolute Gasteiger partial charge is 0.465 e. The van der Waals surface area contributed by atoms with E-state index in [-0.39, 0.29) is 5.91 Å². The Hall–Kier alpha value is -2.18. The number of methoxy groups -OCH3 is 1. The number of piperazine rings is 1. The van der Waals surface area contributed by atoms with Crippen LogP contribution in [0, 0.1) is 6.92 Å². The van der Waals surface area contributed by atoms with Gasteiger partial charge in [-0.2, -0.15) is 0 Å².